The van der Waals surface area contributed by atoms with Gasteiger partial charge in [-0.25, -0.2) is 0 Å². The predicted octanol–water partition coefficient (Wildman–Crippen LogP) is -0.811. The standard InChI is InChI=1S/C10H9.C9H11.2ClH.Zr/c1-2-5-9-7-4-8-10(9)6-3-1;1-2-5-9-7-3-6-8(9)4-1;;;/h1-5,7-8H,6H2;1-2,4-6,8-9H,3,7H2;2*1H;/q;;;;+2/p-2. The van der Waals surface area contributed by atoms with E-state index < -0.39 is 23.2 Å². The summed E-state index contributed by atoms with van der Waals surface area (Å²) in [5.74, 6) is 1.73. The van der Waals surface area contributed by atoms with Crippen molar-refractivity contribution in [3.8, 4) is 0 Å². The average molecular weight is 410 g/mol. The fourth-order valence-electron chi connectivity index (χ4n) is 3.97. The summed E-state index contributed by atoms with van der Waals surface area (Å²) in [5.41, 5.74) is 3.23. The van der Waals surface area contributed by atoms with Gasteiger partial charge in [-0.2, -0.15) is 0 Å². The van der Waals surface area contributed by atoms with Crippen LogP contribution >= 0.6 is 0 Å². The zero-order valence-corrected chi connectivity index (χ0v) is 16.4. The third kappa shape index (κ3) is 3.53. The number of hydrogen-bond acceptors (Lipinski definition) is 0. The largest absolute Gasteiger partial charge is 1.00 e. The molecule has 0 bridgehead atoms. The van der Waals surface area contributed by atoms with Gasteiger partial charge in [0, 0.05) is 0 Å². The maximum Gasteiger partial charge on any atom is -1.00 e. The molecule has 0 aromatic heterocycles. The molecule has 0 radical (unpaired) electrons. The molecule has 1 fully saturated rings. The van der Waals surface area contributed by atoms with Gasteiger partial charge in [0.1, 0.15) is 0 Å². The van der Waals surface area contributed by atoms with E-state index in [2.05, 4.69) is 60.8 Å². The molecule has 114 valence electrons. The first kappa shape index (κ1) is 18.2. The van der Waals surface area contributed by atoms with Crippen molar-refractivity contribution >= 4 is 0 Å². The van der Waals surface area contributed by atoms with Crippen molar-refractivity contribution in [3.05, 3.63) is 71.9 Å². The normalized spacial score (nSPS) is 33.6. The minimum atomic E-state index is -0.410. The number of allylic oxidation sites excluding steroid dienone is 12. The van der Waals surface area contributed by atoms with Crippen molar-refractivity contribution in [2.45, 2.75) is 26.5 Å². The zero-order chi connectivity index (χ0) is 13.4. The van der Waals surface area contributed by atoms with E-state index in [0.717, 1.165) is 25.5 Å². The van der Waals surface area contributed by atoms with Crippen LogP contribution in [0.25, 0.3) is 0 Å². The smallest absolute Gasteiger partial charge is 1.00 e. The van der Waals surface area contributed by atoms with Crippen molar-refractivity contribution in [1.82, 2.24) is 0 Å². The number of hydrogen-bond donors (Lipinski definition) is 0. The van der Waals surface area contributed by atoms with Gasteiger partial charge < -0.3 is 24.8 Å². The van der Waals surface area contributed by atoms with Crippen molar-refractivity contribution in [1.29, 1.82) is 0 Å². The Bertz CT molecular complexity index is 580. The molecule has 3 heteroatoms. The Morgan fingerprint density at radius 3 is 2.64 bits per heavy atom. The number of halogens is 2. The molecular formula is C19H20Cl2Zr. The molecule has 1 saturated carbocycles. The minimum Gasteiger partial charge on any atom is -1.00 e. The van der Waals surface area contributed by atoms with Crippen LogP contribution < -0.4 is 24.8 Å². The van der Waals surface area contributed by atoms with Gasteiger partial charge in [0.25, 0.3) is 0 Å². The molecule has 0 spiro atoms. The van der Waals surface area contributed by atoms with E-state index in [1.807, 2.05) is 0 Å². The summed E-state index contributed by atoms with van der Waals surface area (Å²) in [6.45, 7) is 0. The third-order valence-corrected chi connectivity index (χ3v) is 9.85. The second-order valence-electron chi connectivity index (χ2n) is 6.17. The molecule has 22 heavy (non-hydrogen) atoms. The summed E-state index contributed by atoms with van der Waals surface area (Å²) in [4.78, 5) is 0. The summed E-state index contributed by atoms with van der Waals surface area (Å²) in [5, 5.41) is 0. The molecule has 0 saturated heterocycles. The van der Waals surface area contributed by atoms with E-state index in [0.29, 0.717) is 0 Å². The minimum absolute atomic E-state index is 0. The van der Waals surface area contributed by atoms with Crippen LogP contribution in [0, 0.1) is 11.8 Å². The van der Waals surface area contributed by atoms with Gasteiger partial charge in [0.05, 0.1) is 0 Å². The first-order valence-electron chi connectivity index (χ1n) is 7.77. The van der Waals surface area contributed by atoms with Crippen molar-refractivity contribution in [3.63, 3.8) is 0 Å². The molecule has 4 unspecified atom stereocenters. The average Bonchev–Trinajstić information content (AvgIpc) is 2.97. The predicted molar refractivity (Wildman–Crippen MR) is 81.1 cm³/mol. The van der Waals surface area contributed by atoms with Gasteiger partial charge in [-0.05, 0) is 0 Å². The molecule has 0 heterocycles. The third-order valence-electron chi connectivity index (χ3n) is 5.02. The number of fused-ring (bicyclic) bond motifs is 1. The quantitative estimate of drug-likeness (QED) is 0.559. The second-order valence-corrected chi connectivity index (χ2v) is 10.3. The first-order chi connectivity index (χ1) is 9.92. The Morgan fingerprint density at radius 1 is 0.864 bits per heavy atom. The summed E-state index contributed by atoms with van der Waals surface area (Å²) in [7, 11) is 0. The van der Waals surface area contributed by atoms with Crippen molar-refractivity contribution in [2.75, 3.05) is 0 Å². The fourth-order valence-corrected chi connectivity index (χ4v) is 8.99. The maximum atomic E-state index is 2.52. The molecule has 4 aliphatic carbocycles. The Kier molecular flexibility index (Phi) is 6.75. The van der Waals surface area contributed by atoms with Crippen molar-refractivity contribution in [2.24, 2.45) is 11.8 Å². The van der Waals surface area contributed by atoms with Gasteiger partial charge in [-0.1, -0.05) is 0 Å². The van der Waals surface area contributed by atoms with Crippen LogP contribution in [0.3, 0.4) is 0 Å². The summed E-state index contributed by atoms with van der Waals surface area (Å²) >= 11 is -0.410. The molecule has 0 aromatic carbocycles. The van der Waals surface area contributed by atoms with Gasteiger partial charge in [-0.3, -0.25) is 0 Å². The molecule has 0 aliphatic heterocycles. The molecule has 0 amide bonds. The van der Waals surface area contributed by atoms with E-state index in [-0.39, 0.29) is 24.8 Å². The maximum absolute atomic E-state index is 2.52. The molecule has 0 N–H and O–H groups in total. The molecular weight excluding hydrogens is 390 g/mol. The van der Waals surface area contributed by atoms with Crippen LogP contribution in [0.4, 0.5) is 0 Å². The number of rotatable bonds is 2. The van der Waals surface area contributed by atoms with Crippen LogP contribution in [-0.2, 0) is 23.2 Å². The van der Waals surface area contributed by atoms with E-state index in [9.17, 15) is 0 Å². The Balaban J connectivity index is 0.000000882. The first-order valence-corrected chi connectivity index (χ1v) is 10.6. The van der Waals surface area contributed by atoms with Gasteiger partial charge in [0.15, 0.2) is 0 Å². The molecule has 4 atom stereocenters. The van der Waals surface area contributed by atoms with Crippen LogP contribution in [0.5, 0.6) is 0 Å². The molecule has 0 nitrogen and oxygen atoms in total. The summed E-state index contributed by atoms with van der Waals surface area (Å²) < 4.78 is 1.86. The van der Waals surface area contributed by atoms with Crippen LogP contribution in [0.15, 0.2) is 71.9 Å². The van der Waals surface area contributed by atoms with Gasteiger partial charge >= 0.3 is 133 Å². The second kappa shape index (κ2) is 8.14. The van der Waals surface area contributed by atoms with E-state index >= 15 is 0 Å². The molecule has 4 rings (SSSR count). The van der Waals surface area contributed by atoms with E-state index in [1.54, 1.807) is 11.1 Å². The van der Waals surface area contributed by atoms with E-state index in [4.69, 9.17) is 0 Å². The monoisotopic (exact) mass is 408 g/mol. The van der Waals surface area contributed by atoms with Crippen LogP contribution in [0.1, 0.15) is 19.3 Å². The van der Waals surface area contributed by atoms with Crippen LogP contribution in [0.2, 0.25) is 7.25 Å². The SMILES string of the molecule is C1=CCC2=C(C=C1)[CH]([Zr+2][CH]1CCC3C=CC=CC31)C=C2.[Cl-].[Cl-]. The van der Waals surface area contributed by atoms with Gasteiger partial charge in [0.2, 0.25) is 0 Å². The Labute approximate surface area is 157 Å². The van der Waals surface area contributed by atoms with Crippen LogP contribution in [-0.4, -0.2) is 0 Å². The Hall–Kier alpha value is -0.0969. The zero-order valence-electron chi connectivity index (χ0n) is 12.5. The fraction of sp³-hybridized carbons (Fsp3) is 0.368. The topological polar surface area (TPSA) is 0 Å². The Morgan fingerprint density at radius 2 is 1.73 bits per heavy atom. The summed E-state index contributed by atoms with van der Waals surface area (Å²) in [6.07, 6.45) is 27.6. The molecule has 4 aliphatic rings. The molecule has 0 aromatic rings. The summed E-state index contributed by atoms with van der Waals surface area (Å²) in [6, 6.07) is 0. The van der Waals surface area contributed by atoms with E-state index in [1.165, 1.54) is 12.8 Å². The van der Waals surface area contributed by atoms with Crippen molar-refractivity contribution < 1.29 is 48.0 Å². The van der Waals surface area contributed by atoms with Gasteiger partial charge in [-0.15, -0.1) is 0 Å².